The molecule has 4 aliphatic rings. The van der Waals surface area contributed by atoms with Crippen molar-refractivity contribution in [3.8, 4) is 0 Å². The summed E-state index contributed by atoms with van der Waals surface area (Å²) in [6, 6.07) is 14.9. The van der Waals surface area contributed by atoms with E-state index >= 15 is 0 Å². The fourth-order valence-electron chi connectivity index (χ4n) is 5.98. The second-order valence-corrected chi connectivity index (χ2v) is 11.7. The maximum atomic E-state index is 4.49. The summed E-state index contributed by atoms with van der Waals surface area (Å²) in [6.07, 6.45) is 15.7. The molecule has 0 saturated heterocycles. The van der Waals surface area contributed by atoms with Crippen LogP contribution in [0.5, 0.6) is 0 Å². The standard InChI is InChI=1S/C21H25N3.C18H19N3.Fe/c1-14-11-15(2)21(16(3)12-14)24-13-23(17(4)18(24)5)19(6)20-9-7-8-10-22-20;1-14-15(2)21(17-9-5-4-6-10-17)13-20(14)16(3)18-11-7-8-12-19-18;/h7-13H,1-6H3;4-13H,1-3H3;/q2*-2;+4/b20-19-;18-16-;. The Hall–Kier alpha value is -4.32. The van der Waals surface area contributed by atoms with E-state index in [9.17, 15) is 0 Å². The normalized spacial score (nSPS) is 19.2. The van der Waals surface area contributed by atoms with Gasteiger partial charge in [0.15, 0.2) is 0 Å². The number of benzene rings is 2. The molecule has 2 aromatic carbocycles. The Bertz CT molecular complexity index is 1680. The van der Waals surface area contributed by atoms with Crippen LogP contribution in [-0.2, 0) is 17.1 Å². The molecule has 0 radical (unpaired) electrons. The largest absolute Gasteiger partial charge is 4.00 e. The zero-order valence-corrected chi connectivity index (χ0v) is 29.5. The second kappa shape index (κ2) is 14.8. The van der Waals surface area contributed by atoms with Crippen molar-refractivity contribution in [2.24, 2.45) is 0 Å². The van der Waals surface area contributed by atoms with E-state index in [-0.39, 0.29) is 17.1 Å². The number of nitrogens with zero attached hydrogens (tertiary/aromatic N) is 6. The number of hydrogen-bond acceptors (Lipinski definition) is 4. The molecule has 238 valence electrons. The van der Waals surface area contributed by atoms with Gasteiger partial charge in [0.1, 0.15) is 0 Å². The number of para-hydroxylation sites is 1. The topological polar surface area (TPSA) is 41.2 Å². The number of rotatable bonds is 4. The molecule has 0 atom stereocenters. The summed E-state index contributed by atoms with van der Waals surface area (Å²) in [4.78, 5) is 8.94. The van der Waals surface area contributed by atoms with Gasteiger partial charge in [-0.1, -0.05) is 72.4 Å². The smallest absolute Gasteiger partial charge is 0.663 e. The first-order valence-corrected chi connectivity index (χ1v) is 15.4. The van der Waals surface area contributed by atoms with Crippen molar-refractivity contribution in [2.75, 3.05) is 9.80 Å². The van der Waals surface area contributed by atoms with Crippen LogP contribution in [0, 0.1) is 34.1 Å². The van der Waals surface area contributed by atoms with Crippen molar-refractivity contribution in [3.63, 3.8) is 0 Å². The van der Waals surface area contributed by atoms with Gasteiger partial charge in [-0.05, 0) is 97.0 Å². The predicted octanol–water partition coefficient (Wildman–Crippen LogP) is 10.7. The van der Waals surface area contributed by atoms with Crippen LogP contribution in [-0.4, -0.2) is 9.80 Å². The molecule has 0 aromatic heterocycles. The van der Waals surface area contributed by atoms with Gasteiger partial charge >= 0.3 is 17.1 Å². The Kier molecular flexibility index (Phi) is 11.2. The minimum absolute atomic E-state index is 0. The average molecular weight is 653 g/mol. The van der Waals surface area contributed by atoms with E-state index in [0.717, 1.165) is 22.8 Å². The fourth-order valence-corrected chi connectivity index (χ4v) is 5.98. The van der Waals surface area contributed by atoms with Gasteiger partial charge in [-0.3, -0.25) is 0 Å². The molecule has 2 aromatic rings. The molecule has 0 spiro atoms. The van der Waals surface area contributed by atoms with Gasteiger partial charge < -0.3 is 30.2 Å². The van der Waals surface area contributed by atoms with Crippen molar-refractivity contribution < 1.29 is 17.1 Å². The summed E-state index contributed by atoms with van der Waals surface area (Å²) in [5, 5.41) is 8.93. The van der Waals surface area contributed by atoms with Crippen LogP contribution >= 0.6 is 0 Å². The zero-order valence-electron chi connectivity index (χ0n) is 28.4. The molecule has 0 aliphatic carbocycles. The van der Waals surface area contributed by atoms with Crippen LogP contribution in [0.15, 0.2) is 137 Å². The molecule has 0 amide bonds. The molecule has 6 nitrogen and oxygen atoms in total. The third-order valence-corrected chi connectivity index (χ3v) is 8.66. The van der Waals surface area contributed by atoms with Gasteiger partial charge in [-0.25, -0.2) is 0 Å². The minimum Gasteiger partial charge on any atom is -0.663 e. The minimum atomic E-state index is 0. The van der Waals surface area contributed by atoms with Crippen LogP contribution in [0.2, 0.25) is 0 Å². The van der Waals surface area contributed by atoms with Crippen molar-refractivity contribution >= 4 is 11.4 Å². The summed E-state index contributed by atoms with van der Waals surface area (Å²) in [5.74, 6) is 0. The van der Waals surface area contributed by atoms with Gasteiger partial charge in [0.2, 0.25) is 0 Å². The summed E-state index contributed by atoms with van der Waals surface area (Å²) in [5.41, 5.74) is 15.6. The van der Waals surface area contributed by atoms with Crippen LogP contribution < -0.4 is 9.80 Å². The number of allylic oxidation sites excluding steroid dienone is 12. The number of anilines is 2. The van der Waals surface area contributed by atoms with E-state index in [0.29, 0.717) is 0 Å². The Morgan fingerprint density at radius 2 is 1.04 bits per heavy atom. The summed E-state index contributed by atoms with van der Waals surface area (Å²) < 4.78 is 0. The van der Waals surface area contributed by atoms with Crippen molar-refractivity contribution in [3.05, 3.63) is 178 Å². The van der Waals surface area contributed by atoms with Gasteiger partial charge in [-0.2, -0.15) is 12.4 Å². The zero-order chi connectivity index (χ0) is 32.2. The monoisotopic (exact) mass is 652 g/mol. The third-order valence-electron chi connectivity index (χ3n) is 8.66. The molecular formula is C39H44FeN6. The van der Waals surface area contributed by atoms with E-state index in [4.69, 9.17) is 0 Å². The van der Waals surface area contributed by atoms with Crippen molar-refractivity contribution in [1.82, 2.24) is 9.80 Å². The average Bonchev–Trinajstić information content (AvgIpc) is 3.51. The van der Waals surface area contributed by atoms with Crippen LogP contribution in [0.25, 0.3) is 10.6 Å². The van der Waals surface area contributed by atoms with Crippen molar-refractivity contribution in [2.45, 2.75) is 62.3 Å². The first kappa shape index (κ1) is 34.6. The van der Waals surface area contributed by atoms with E-state index < -0.39 is 0 Å². The van der Waals surface area contributed by atoms with Gasteiger partial charge in [-0.15, -0.1) is 24.7 Å². The fraction of sp³-hybridized carbons (Fsp3) is 0.231. The maximum absolute atomic E-state index is 4.49. The molecule has 46 heavy (non-hydrogen) atoms. The Morgan fingerprint density at radius 1 is 0.587 bits per heavy atom. The summed E-state index contributed by atoms with van der Waals surface area (Å²) >= 11 is 0. The van der Waals surface area contributed by atoms with E-state index in [1.807, 2.05) is 48.8 Å². The predicted molar refractivity (Wildman–Crippen MR) is 190 cm³/mol. The molecule has 0 bridgehead atoms. The first-order valence-electron chi connectivity index (χ1n) is 15.4. The quantitative estimate of drug-likeness (QED) is 0.244. The van der Waals surface area contributed by atoms with Crippen LogP contribution in [0.1, 0.15) is 58.2 Å². The molecule has 0 saturated carbocycles. The Balaban J connectivity index is 0.000000206. The summed E-state index contributed by atoms with van der Waals surface area (Å²) in [7, 11) is 0. The molecule has 0 unspecified atom stereocenters. The number of aryl methyl sites for hydroxylation is 3. The number of hydrogen-bond donors (Lipinski definition) is 0. The molecule has 4 heterocycles. The summed E-state index contributed by atoms with van der Waals surface area (Å²) in [6.45, 7) is 23.7. The van der Waals surface area contributed by atoms with Crippen LogP contribution in [0.4, 0.5) is 11.4 Å². The van der Waals surface area contributed by atoms with Crippen LogP contribution in [0.3, 0.4) is 0 Å². The van der Waals surface area contributed by atoms with E-state index in [1.165, 1.54) is 50.9 Å². The molecule has 6 rings (SSSR count). The molecule has 4 aliphatic heterocycles. The first-order chi connectivity index (χ1) is 21.6. The van der Waals surface area contributed by atoms with Gasteiger partial charge in [0.05, 0.1) is 0 Å². The Morgan fingerprint density at radius 3 is 1.50 bits per heavy atom. The maximum Gasteiger partial charge on any atom is 4.00 e. The van der Waals surface area contributed by atoms with E-state index in [2.05, 4.69) is 148 Å². The van der Waals surface area contributed by atoms with E-state index in [1.54, 1.807) is 0 Å². The SMILES string of the molecule is CC1=C(C)N(c2c(C)cc(C)cc2C)[CH-]N1/C(C)=C1/C=CC=C[N-]1.CC1=C(C)N(c2ccccc2)[CH-]N1/C(C)=C1/C=CC=C[N-]1.[Fe+4]. The molecule has 7 heteroatoms. The molecule has 0 N–H and O–H groups in total. The van der Waals surface area contributed by atoms with Gasteiger partial charge in [0, 0.05) is 34.2 Å². The molecular weight excluding hydrogens is 608 g/mol. The second-order valence-electron chi connectivity index (χ2n) is 11.7. The molecule has 0 fully saturated rings. The van der Waals surface area contributed by atoms with Gasteiger partial charge in [0.25, 0.3) is 0 Å². The Labute approximate surface area is 287 Å². The van der Waals surface area contributed by atoms with Crippen molar-refractivity contribution in [1.29, 1.82) is 0 Å². The third kappa shape index (κ3) is 7.06.